The highest BCUT2D eigenvalue weighted by Crippen LogP contribution is 2.80. The van der Waals surface area contributed by atoms with Gasteiger partial charge in [0, 0.05) is 62.9 Å². The fourth-order valence-electron chi connectivity index (χ4n) is 10.7. The number of hydrogen-bond donors (Lipinski definition) is 4. The van der Waals surface area contributed by atoms with Gasteiger partial charge in [-0.3, -0.25) is 4.90 Å². The number of rotatable bonds is 5. The second kappa shape index (κ2) is 6.66. The topological polar surface area (TPSA) is 112 Å². The molecule has 5 saturated carbocycles. The van der Waals surface area contributed by atoms with Crippen LogP contribution in [0.25, 0.3) is 0 Å². The number of likely N-dealkylation sites (tertiary alicyclic amines) is 1. The van der Waals surface area contributed by atoms with Gasteiger partial charge in [0.15, 0.2) is 0 Å². The van der Waals surface area contributed by atoms with E-state index in [9.17, 15) is 20.4 Å². The van der Waals surface area contributed by atoms with Crippen molar-refractivity contribution >= 4 is 0 Å². The van der Waals surface area contributed by atoms with Gasteiger partial charge in [0.25, 0.3) is 0 Å². The summed E-state index contributed by atoms with van der Waals surface area (Å²) in [5, 5.41) is 47.6. The van der Waals surface area contributed by atoms with Crippen molar-refractivity contribution < 1.29 is 34.6 Å². The quantitative estimate of drug-likeness (QED) is 0.446. The number of ether oxygens (including phenoxy) is 3. The monoisotopic (exact) mass is 453 g/mol. The van der Waals surface area contributed by atoms with E-state index in [0.717, 1.165) is 19.3 Å². The summed E-state index contributed by atoms with van der Waals surface area (Å²) in [6.07, 6.45) is 0.720. The maximum absolute atomic E-state index is 12.8. The minimum Gasteiger partial charge on any atom is -0.396 e. The molecule has 1 saturated heterocycles. The van der Waals surface area contributed by atoms with E-state index in [1.807, 2.05) is 0 Å². The zero-order valence-electron chi connectivity index (χ0n) is 19.6. The molecular formula is C24H39NO7. The summed E-state index contributed by atoms with van der Waals surface area (Å²) in [5.41, 5.74) is -4.11. The number of likely N-dealkylation sites (N-methyl/N-ethyl adjacent to an activating group) is 1. The van der Waals surface area contributed by atoms with Gasteiger partial charge in [0.05, 0.1) is 37.1 Å². The number of hydrogen-bond acceptors (Lipinski definition) is 8. The lowest BCUT2D eigenvalue weighted by Crippen LogP contribution is -2.82. The van der Waals surface area contributed by atoms with Gasteiger partial charge >= 0.3 is 0 Å². The standard InChI is InChI=1S/C24H39NO7/c1-5-25-10-21(11-26)7-6-15(31-3)23-13-8-12-14(30-2)9-22(28,16(13)17(12)27)24(29,20(23)25)19(32-4)18(21)23/h12-20,26-29H,5-11H2,1-4H3/t12-,13-,14+,15+,16-,17+,18-,19+,20?,21+,22-,23+,24?/m1/s1. The minimum atomic E-state index is -1.60. The average Bonchev–Trinajstić information content (AvgIpc) is 3.15. The van der Waals surface area contributed by atoms with Crippen LogP contribution in [-0.2, 0) is 14.2 Å². The van der Waals surface area contributed by atoms with Crippen LogP contribution < -0.4 is 0 Å². The molecule has 1 aliphatic heterocycles. The van der Waals surface area contributed by atoms with Crippen LogP contribution in [0.4, 0.5) is 0 Å². The van der Waals surface area contributed by atoms with E-state index < -0.39 is 40.2 Å². The summed E-state index contributed by atoms with van der Waals surface area (Å²) in [6, 6.07) is -0.368. The van der Waals surface area contributed by atoms with E-state index in [1.54, 1.807) is 21.3 Å². The molecule has 0 amide bonds. The summed E-state index contributed by atoms with van der Waals surface area (Å²) < 4.78 is 18.1. The molecule has 6 fully saturated rings. The van der Waals surface area contributed by atoms with Crippen molar-refractivity contribution in [2.24, 2.45) is 34.5 Å². The Hall–Kier alpha value is -0.320. The Morgan fingerprint density at radius 1 is 1.09 bits per heavy atom. The Morgan fingerprint density at radius 2 is 1.84 bits per heavy atom. The first-order valence-electron chi connectivity index (χ1n) is 12.3. The van der Waals surface area contributed by atoms with Gasteiger partial charge in [0.1, 0.15) is 11.2 Å². The normalized spacial score (nSPS) is 62.4. The van der Waals surface area contributed by atoms with Crippen molar-refractivity contribution in [3.63, 3.8) is 0 Å². The number of piperidine rings is 1. The first-order chi connectivity index (χ1) is 15.3. The second-order valence-corrected chi connectivity index (χ2v) is 11.6. The highest BCUT2D eigenvalue weighted by atomic mass is 16.5. The van der Waals surface area contributed by atoms with E-state index in [4.69, 9.17) is 14.2 Å². The van der Waals surface area contributed by atoms with Gasteiger partial charge in [-0.2, -0.15) is 0 Å². The van der Waals surface area contributed by atoms with Crippen LogP contribution in [0.1, 0.15) is 32.6 Å². The minimum absolute atomic E-state index is 0.0114. The lowest BCUT2D eigenvalue weighted by molar-refractivity contribution is -0.318. The third kappa shape index (κ3) is 1.96. The van der Waals surface area contributed by atoms with E-state index >= 15 is 0 Å². The van der Waals surface area contributed by atoms with Gasteiger partial charge < -0.3 is 34.6 Å². The molecule has 0 aromatic carbocycles. The largest absolute Gasteiger partial charge is 0.396 e. The Balaban J connectivity index is 1.69. The van der Waals surface area contributed by atoms with Crippen LogP contribution >= 0.6 is 0 Å². The zero-order valence-corrected chi connectivity index (χ0v) is 19.6. The molecule has 8 heteroatoms. The van der Waals surface area contributed by atoms with Gasteiger partial charge in [-0.25, -0.2) is 0 Å². The predicted octanol–water partition coefficient (Wildman–Crippen LogP) is -0.383. The average molecular weight is 454 g/mol. The molecule has 13 atom stereocenters. The van der Waals surface area contributed by atoms with Gasteiger partial charge in [-0.1, -0.05) is 6.92 Å². The third-order valence-electron chi connectivity index (χ3n) is 11.4. The molecule has 1 heterocycles. The first-order valence-corrected chi connectivity index (χ1v) is 12.3. The van der Waals surface area contributed by atoms with Gasteiger partial charge in [-0.05, 0) is 31.7 Å². The van der Waals surface area contributed by atoms with E-state index in [0.29, 0.717) is 13.1 Å². The SMILES string of the molecule is CCN1C[C@]2(CO)CC[C@H](OC)[C@]34C1C(O)([C@@H](OC)[C@H]23)[C@@]1(O)C[C@H](OC)[C@H]2C[C@@H]4[C@@H]1[C@H]2O. The number of methoxy groups -OCH3 is 3. The van der Waals surface area contributed by atoms with Crippen LogP contribution in [0.3, 0.4) is 0 Å². The molecule has 182 valence electrons. The summed E-state index contributed by atoms with van der Waals surface area (Å²) >= 11 is 0. The highest BCUT2D eigenvalue weighted by Gasteiger charge is 2.91. The van der Waals surface area contributed by atoms with Gasteiger partial charge in [0.2, 0.25) is 0 Å². The molecule has 6 rings (SSSR count). The maximum Gasteiger partial charge on any atom is 0.136 e. The number of nitrogens with zero attached hydrogens (tertiary/aromatic N) is 1. The molecule has 0 aromatic heterocycles. The fraction of sp³-hybridized carbons (Fsp3) is 1.00. The van der Waals surface area contributed by atoms with Crippen molar-refractivity contribution in [1.29, 1.82) is 0 Å². The Bertz CT molecular complexity index is 798. The van der Waals surface area contributed by atoms with Crippen molar-refractivity contribution in [1.82, 2.24) is 4.90 Å². The van der Waals surface area contributed by atoms with Crippen molar-refractivity contribution in [3.05, 3.63) is 0 Å². The molecule has 2 unspecified atom stereocenters. The summed E-state index contributed by atoms with van der Waals surface area (Å²) in [4.78, 5) is 2.28. The number of aliphatic hydroxyl groups is 4. The van der Waals surface area contributed by atoms with Crippen molar-refractivity contribution in [2.75, 3.05) is 41.0 Å². The fourth-order valence-corrected chi connectivity index (χ4v) is 10.7. The molecule has 32 heavy (non-hydrogen) atoms. The highest BCUT2D eigenvalue weighted by molar-refractivity contribution is 5.41. The van der Waals surface area contributed by atoms with Crippen LogP contribution in [0.15, 0.2) is 0 Å². The van der Waals surface area contributed by atoms with Crippen molar-refractivity contribution in [2.45, 2.75) is 74.3 Å². The molecule has 1 spiro atoms. The summed E-state index contributed by atoms with van der Waals surface area (Å²) in [6.45, 7) is 3.46. The predicted molar refractivity (Wildman–Crippen MR) is 114 cm³/mol. The van der Waals surface area contributed by atoms with E-state index in [1.165, 1.54) is 0 Å². The van der Waals surface area contributed by atoms with Crippen molar-refractivity contribution in [3.8, 4) is 0 Å². The number of aliphatic hydroxyl groups excluding tert-OH is 2. The molecule has 8 nitrogen and oxygen atoms in total. The van der Waals surface area contributed by atoms with Gasteiger partial charge in [-0.15, -0.1) is 0 Å². The molecule has 6 aliphatic rings. The van der Waals surface area contributed by atoms with E-state index in [2.05, 4.69) is 11.8 Å². The second-order valence-electron chi connectivity index (χ2n) is 11.6. The third-order valence-corrected chi connectivity index (χ3v) is 11.4. The maximum atomic E-state index is 12.8. The lowest BCUT2D eigenvalue weighted by Gasteiger charge is -2.70. The summed E-state index contributed by atoms with van der Waals surface area (Å²) in [5.74, 6) is -0.749. The molecular weight excluding hydrogens is 414 g/mol. The summed E-state index contributed by atoms with van der Waals surface area (Å²) in [7, 11) is 4.99. The molecule has 5 aliphatic carbocycles. The Kier molecular flexibility index (Phi) is 4.62. The first kappa shape index (κ1) is 22.2. The molecule has 4 N–H and O–H groups in total. The van der Waals surface area contributed by atoms with E-state index in [-0.39, 0.29) is 49.0 Å². The zero-order chi connectivity index (χ0) is 22.8. The lowest BCUT2D eigenvalue weighted by atomic mass is 9.42. The molecule has 7 bridgehead atoms. The molecule has 0 aromatic rings. The Labute approximate surface area is 189 Å². The Morgan fingerprint density at radius 3 is 2.44 bits per heavy atom. The molecule has 0 radical (unpaired) electrons. The van der Waals surface area contributed by atoms with Crippen LogP contribution in [-0.4, -0.2) is 108 Å². The van der Waals surface area contributed by atoms with Crippen LogP contribution in [0, 0.1) is 34.5 Å². The smallest absolute Gasteiger partial charge is 0.136 e. The number of fused-ring (bicyclic) bond motifs is 2. The van der Waals surface area contributed by atoms with Crippen LogP contribution in [0.5, 0.6) is 0 Å². The van der Waals surface area contributed by atoms with Crippen LogP contribution in [0.2, 0.25) is 0 Å².